The van der Waals surface area contributed by atoms with E-state index in [-0.39, 0.29) is 17.2 Å². The van der Waals surface area contributed by atoms with E-state index < -0.39 is 24.1 Å². The van der Waals surface area contributed by atoms with Crippen LogP contribution < -0.4 is 5.32 Å². The summed E-state index contributed by atoms with van der Waals surface area (Å²) in [7, 11) is 1.69. The Morgan fingerprint density at radius 1 is 1.43 bits per heavy atom. The second kappa shape index (κ2) is 6.13. The fourth-order valence-corrected chi connectivity index (χ4v) is 4.14. The van der Waals surface area contributed by atoms with Gasteiger partial charge in [-0.15, -0.1) is 11.8 Å². The van der Waals surface area contributed by atoms with Gasteiger partial charge in [0.2, 0.25) is 5.91 Å². The molecule has 2 N–H and O–H groups in total. The lowest BCUT2D eigenvalue weighted by Crippen LogP contribution is -2.54. The highest BCUT2D eigenvalue weighted by molar-refractivity contribution is 8.00. The summed E-state index contributed by atoms with van der Waals surface area (Å²) in [5.74, 6) is -0.602. The highest BCUT2D eigenvalue weighted by Gasteiger charge is 2.44. The number of likely N-dealkylation sites (N-methyl/N-ethyl adjacent to an activating group) is 1. The predicted molar refractivity (Wildman–Crippen MR) is 78.9 cm³/mol. The number of nitrogens with one attached hydrogen (secondary N) is 1. The van der Waals surface area contributed by atoms with Gasteiger partial charge in [0.25, 0.3) is 0 Å². The predicted octanol–water partition coefficient (Wildman–Crippen LogP) is 0.411. The molecule has 0 radical (unpaired) electrons. The van der Waals surface area contributed by atoms with E-state index in [1.807, 2.05) is 13.8 Å². The highest BCUT2D eigenvalue weighted by atomic mass is 32.2. The normalized spacial score (nSPS) is 29.3. The highest BCUT2D eigenvalue weighted by Crippen LogP contribution is 2.34. The molecule has 3 atom stereocenters. The standard InChI is InChI=1S/C13H21N3O4S/c1-7(2)11-16(9(6-21-11)12(18)19)13(20)14-8-4-5-15(3)10(8)17/h7-9,11H,4-6H2,1-3H3,(H,14,20)(H,18,19). The number of hydrogen-bond acceptors (Lipinski definition) is 4. The number of nitrogens with zero attached hydrogens (tertiary/aromatic N) is 2. The largest absolute Gasteiger partial charge is 0.480 e. The minimum atomic E-state index is -1.00. The van der Waals surface area contributed by atoms with Gasteiger partial charge in [0.1, 0.15) is 12.1 Å². The number of aliphatic carboxylic acids is 1. The maximum Gasteiger partial charge on any atom is 0.327 e. The van der Waals surface area contributed by atoms with Crippen LogP contribution in [-0.2, 0) is 9.59 Å². The zero-order chi connectivity index (χ0) is 15.7. The zero-order valence-electron chi connectivity index (χ0n) is 12.4. The second-order valence-electron chi connectivity index (χ2n) is 5.78. The van der Waals surface area contributed by atoms with E-state index in [0.717, 1.165) is 0 Å². The summed E-state index contributed by atoms with van der Waals surface area (Å²) >= 11 is 1.47. The first kappa shape index (κ1) is 15.9. The fraction of sp³-hybridized carbons (Fsp3) is 0.769. The number of carbonyl (C=O) groups is 3. The monoisotopic (exact) mass is 315 g/mol. The third kappa shape index (κ3) is 3.09. The fourth-order valence-electron chi connectivity index (χ4n) is 2.67. The molecule has 8 heteroatoms. The maximum atomic E-state index is 12.5. The lowest BCUT2D eigenvalue weighted by atomic mass is 10.1. The van der Waals surface area contributed by atoms with Gasteiger partial charge in [-0.3, -0.25) is 9.69 Å². The van der Waals surface area contributed by atoms with Crippen molar-refractivity contribution in [1.82, 2.24) is 15.1 Å². The Kier molecular flexibility index (Phi) is 4.65. The summed E-state index contributed by atoms with van der Waals surface area (Å²) in [5.41, 5.74) is 0. The van der Waals surface area contributed by atoms with Gasteiger partial charge in [-0.25, -0.2) is 9.59 Å². The van der Waals surface area contributed by atoms with E-state index in [1.165, 1.54) is 16.7 Å². The molecule has 0 aromatic carbocycles. The van der Waals surface area contributed by atoms with E-state index in [1.54, 1.807) is 11.9 Å². The number of carboxylic acids is 1. The summed E-state index contributed by atoms with van der Waals surface area (Å²) < 4.78 is 0. The molecule has 0 saturated carbocycles. The van der Waals surface area contributed by atoms with Gasteiger partial charge < -0.3 is 15.3 Å². The third-order valence-corrected chi connectivity index (χ3v) is 5.47. The Morgan fingerprint density at radius 2 is 2.10 bits per heavy atom. The molecule has 2 saturated heterocycles. The SMILES string of the molecule is CC(C)C1SCC(C(=O)O)N1C(=O)NC1CCN(C)C1=O. The van der Waals surface area contributed by atoms with E-state index >= 15 is 0 Å². The van der Waals surface area contributed by atoms with Crippen molar-refractivity contribution in [3.05, 3.63) is 0 Å². The smallest absolute Gasteiger partial charge is 0.327 e. The van der Waals surface area contributed by atoms with Crippen LogP contribution in [0, 0.1) is 5.92 Å². The minimum absolute atomic E-state index is 0.122. The molecule has 2 heterocycles. The molecule has 2 aliphatic rings. The number of rotatable bonds is 3. The Labute approximate surface area is 128 Å². The van der Waals surface area contributed by atoms with Gasteiger partial charge in [-0.1, -0.05) is 13.8 Å². The molecule has 0 bridgehead atoms. The first-order valence-electron chi connectivity index (χ1n) is 7.01. The first-order chi connectivity index (χ1) is 9.82. The number of thioether (sulfide) groups is 1. The number of carbonyl (C=O) groups excluding carboxylic acids is 2. The molecule has 0 aromatic rings. The number of urea groups is 1. The number of likely N-dealkylation sites (tertiary alicyclic amines) is 1. The number of hydrogen-bond donors (Lipinski definition) is 2. The van der Waals surface area contributed by atoms with Crippen molar-refractivity contribution < 1.29 is 19.5 Å². The molecule has 3 amide bonds. The van der Waals surface area contributed by atoms with Gasteiger partial charge in [-0.05, 0) is 12.3 Å². The Morgan fingerprint density at radius 3 is 2.57 bits per heavy atom. The first-order valence-corrected chi connectivity index (χ1v) is 8.06. The van der Waals surface area contributed by atoms with Crippen molar-refractivity contribution in [2.24, 2.45) is 5.92 Å². The van der Waals surface area contributed by atoms with Crippen molar-refractivity contribution in [2.45, 2.75) is 37.7 Å². The number of amides is 3. The van der Waals surface area contributed by atoms with Crippen LogP contribution in [0.3, 0.4) is 0 Å². The molecular weight excluding hydrogens is 294 g/mol. The van der Waals surface area contributed by atoms with Crippen LogP contribution in [0.4, 0.5) is 4.79 Å². The summed E-state index contributed by atoms with van der Waals surface area (Å²) in [6.45, 7) is 4.52. The molecule has 2 rings (SSSR count). The summed E-state index contributed by atoms with van der Waals surface area (Å²) in [5, 5.41) is 11.8. The van der Waals surface area contributed by atoms with Crippen LogP contribution in [0.5, 0.6) is 0 Å². The third-order valence-electron chi connectivity index (χ3n) is 3.85. The summed E-state index contributed by atoms with van der Waals surface area (Å²) in [4.78, 5) is 38.6. The molecule has 2 aliphatic heterocycles. The average Bonchev–Trinajstić information content (AvgIpc) is 2.97. The maximum absolute atomic E-state index is 12.5. The van der Waals surface area contributed by atoms with Gasteiger partial charge in [0.05, 0.1) is 5.37 Å². The molecular formula is C13H21N3O4S. The van der Waals surface area contributed by atoms with E-state index in [0.29, 0.717) is 18.7 Å². The van der Waals surface area contributed by atoms with Crippen molar-refractivity contribution >= 4 is 29.7 Å². The Bertz CT molecular complexity index is 457. The number of carboxylic acid groups (broad SMARTS) is 1. The topological polar surface area (TPSA) is 89.9 Å². The quantitative estimate of drug-likeness (QED) is 0.787. The van der Waals surface area contributed by atoms with Gasteiger partial charge in [0.15, 0.2) is 0 Å². The van der Waals surface area contributed by atoms with Crippen molar-refractivity contribution in [3.63, 3.8) is 0 Å². The van der Waals surface area contributed by atoms with E-state index in [2.05, 4.69) is 5.32 Å². The van der Waals surface area contributed by atoms with Crippen LogP contribution in [0.1, 0.15) is 20.3 Å². The van der Waals surface area contributed by atoms with Crippen LogP contribution in [-0.4, -0.2) is 69.6 Å². The molecule has 3 unspecified atom stereocenters. The molecule has 7 nitrogen and oxygen atoms in total. The zero-order valence-corrected chi connectivity index (χ0v) is 13.2. The lowest BCUT2D eigenvalue weighted by Gasteiger charge is -2.30. The summed E-state index contributed by atoms with van der Waals surface area (Å²) in [6.07, 6.45) is 0.562. The molecule has 0 aliphatic carbocycles. The Balaban J connectivity index is 2.10. The lowest BCUT2D eigenvalue weighted by molar-refractivity contribution is -0.141. The van der Waals surface area contributed by atoms with Crippen LogP contribution >= 0.6 is 11.8 Å². The van der Waals surface area contributed by atoms with Crippen LogP contribution in [0.2, 0.25) is 0 Å². The molecule has 21 heavy (non-hydrogen) atoms. The van der Waals surface area contributed by atoms with Crippen molar-refractivity contribution in [3.8, 4) is 0 Å². The van der Waals surface area contributed by atoms with E-state index in [4.69, 9.17) is 0 Å². The summed E-state index contributed by atoms with van der Waals surface area (Å²) in [6, 6.07) is -1.84. The van der Waals surface area contributed by atoms with Crippen LogP contribution in [0.25, 0.3) is 0 Å². The molecule has 2 fully saturated rings. The molecule has 0 spiro atoms. The Hall–Kier alpha value is -1.44. The van der Waals surface area contributed by atoms with Gasteiger partial charge >= 0.3 is 12.0 Å². The van der Waals surface area contributed by atoms with E-state index in [9.17, 15) is 19.5 Å². The molecule has 0 aromatic heterocycles. The minimum Gasteiger partial charge on any atom is -0.480 e. The van der Waals surface area contributed by atoms with Gasteiger partial charge in [0, 0.05) is 19.3 Å². The van der Waals surface area contributed by atoms with Crippen molar-refractivity contribution in [1.29, 1.82) is 0 Å². The second-order valence-corrected chi connectivity index (χ2v) is 6.93. The average molecular weight is 315 g/mol. The van der Waals surface area contributed by atoms with Gasteiger partial charge in [-0.2, -0.15) is 0 Å². The molecule has 118 valence electrons. The van der Waals surface area contributed by atoms with Crippen LogP contribution in [0.15, 0.2) is 0 Å². The van der Waals surface area contributed by atoms with Crippen molar-refractivity contribution in [2.75, 3.05) is 19.3 Å².